The molecule has 3 nitrogen and oxygen atoms in total. The normalized spacial score (nSPS) is 14.6. The minimum atomic E-state index is -0.586. The summed E-state index contributed by atoms with van der Waals surface area (Å²) in [6.45, 7) is 3.69. The van der Waals surface area contributed by atoms with Gasteiger partial charge in [0.05, 0.1) is 11.1 Å². The molecule has 2 atom stereocenters. The lowest BCUT2D eigenvalue weighted by Gasteiger charge is -2.20. The van der Waals surface area contributed by atoms with Crippen molar-refractivity contribution in [3.05, 3.63) is 27.7 Å². The van der Waals surface area contributed by atoms with E-state index in [4.69, 9.17) is 33.7 Å². The van der Waals surface area contributed by atoms with Crippen LogP contribution in [0.15, 0.2) is 12.1 Å². The van der Waals surface area contributed by atoms with Gasteiger partial charge >= 0.3 is 0 Å². The van der Waals surface area contributed by atoms with Crippen molar-refractivity contribution in [1.82, 2.24) is 0 Å². The van der Waals surface area contributed by atoms with E-state index in [0.29, 0.717) is 15.8 Å². The van der Waals surface area contributed by atoms with Crippen LogP contribution in [-0.4, -0.2) is 17.3 Å². The maximum Gasteiger partial charge on any atom is 0.143 e. The number of hydrogen-bond acceptors (Lipinski definition) is 3. The molecule has 0 aromatic heterocycles. The number of aliphatic hydroxyl groups is 1. The fourth-order valence-electron chi connectivity index (χ4n) is 1.18. The zero-order valence-corrected chi connectivity index (χ0v) is 10.7. The quantitative estimate of drug-likeness (QED) is 0.878. The van der Waals surface area contributed by atoms with E-state index in [1.807, 2.05) is 0 Å². The smallest absolute Gasteiger partial charge is 0.143 e. The first-order valence-electron chi connectivity index (χ1n) is 4.98. The van der Waals surface area contributed by atoms with Gasteiger partial charge in [-0.25, -0.2) is 0 Å². The van der Waals surface area contributed by atoms with E-state index >= 15 is 0 Å². The zero-order chi connectivity index (χ0) is 12.3. The van der Waals surface area contributed by atoms with Crippen molar-refractivity contribution in [3.8, 4) is 5.75 Å². The van der Waals surface area contributed by atoms with E-state index in [-0.39, 0.29) is 12.6 Å². The molecule has 0 heterocycles. The number of nitrogens with two attached hydrogens (primary N) is 1. The van der Waals surface area contributed by atoms with Gasteiger partial charge < -0.3 is 15.6 Å². The lowest BCUT2D eigenvalue weighted by molar-refractivity contribution is 0.0599. The molecule has 0 saturated heterocycles. The predicted molar refractivity (Wildman–Crippen MR) is 66.1 cm³/mol. The third-order valence-electron chi connectivity index (χ3n) is 2.29. The summed E-state index contributed by atoms with van der Waals surface area (Å²) in [5, 5.41) is 10.3. The third kappa shape index (κ3) is 3.25. The molecule has 0 bridgehead atoms. The Morgan fingerprint density at radius 2 is 2.00 bits per heavy atom. The van der Waals surface area contributed by atoms with Crippen molar-refractivity contribution in [3.63, 3.8) is 0 Å². The van der Waals surface area contributed by atoms with Crippen molar-refractivity contribution in [2.45, 2.75) is 32.6 Å². The Kier molecular flexibility index (Phi) is 4.87. The summed E-state index contributed by atoms with van der Waals surface area (Å²) >= 11 is 11.9. The molecule has 16 heavy (non-hydrogen) atoms. The van der Waals surface area contributed by atoms with Crippen LogP contribution in [-0.2, 0) is 6.54 Å². The molecule has 0 amide bonds. The van der Waals surface area contributed by atoms with Crippen molar-refractivity contribution >= 4 is 23.2 Å². The topological polar surface area (TPSA) is 55.5 Å². The number of benzene rings is 1. The van der Waals surface area contributed by atoms with Crippen molar-refractivity contribution < 1.29 is 9.84 Å². The van der Waals surface area contributed by atoms with E-state index in [1.54, 1.807) is 26.0 Å². The highest BCUT2D eigenvalue weighted by Crippen LogP contribution is 2.33. The van der Waals surface area contributed by atoms with Crippen LogP contribution in [0.25, 0.3) is 0 Å². The molecule has 5 heteroatoms. The largest absolute Gasteiger partial charge is 0.486 e. The van der Waals surface area contributed by atoms with Crippen LogP contribution < -0.4 is 10.5 Å². The van der Waals surface area contributed by atoms with Crippen molar-refractivity contribution in [1.29, 1.82) is 0 Å². The van der Waals surface area contributed by atoms with Gasteiger partial charge in [-0.2, -0.15) is 0 Å². The molecule has 0 spiro atoms. The molecular weight excluding hydrogens is 249 g/mol. The summed E-state index contributed by atoms with van der Waals surface area (Å²) in [7, 11) is 0. The number of ether oxygens (including phenoxy) is 1. The highest BCUT2D eigenvalue weighted by atomic mass is 35.5. The lowest BCUT2D eigenvalue weighted by Crippen LogP contribution is -2.26. The molecule has 90 valence electrons. The lowest BCUT2D eigenvalue weighted by atomic mass is 10.2. The third-order valence-corrected chi connectivity index (χ3v) is 2.79. The second-order valence-corrected chi connectivity index (χ2v) is 4.49. The van der Waals surface area contributed by atoms with Gasteiger partial charge in [-0.05, 0) is 26.0 Å². The monoisotopic (exact) mass is 263 g/mol. The fraction of sp³-hybridized carbons (Fsp3) is 0.455. The Labute approximate surface area is 105 Å². The number of rotatable bonds is 4. The van der Waals surface area contributed by atoms with Gasteiger partial charge in [0.15, 0.2) is 0 Å². The summed E-state index contributed by atoms with van der Waals surface area (Å²) in [6, 6.07) is 3.30. The molecule has 1 aromatic carbocycles. The summed E-state index contributed by atoms with van der Waals surface area (Å²) in [5.41, 5.74) is 6.31. The summed E-state index contributed by atoms with van der Waals surface area (Å²) in [4.78, 5) is 0. The SMILES string of the molecule is CC(O)C(C)Oc1c(Cl)cc(Cl)cc1CN. The maximum absolute atomic E-state index is 9.37. The molecule has 2 unspecified atom stereocenters. The van der Waals surface area contributed by atoms with Crippen LogP contribution in [0.2, 0.25) is 10.0 Å². The van der Waals surface area contributed by atoms with Crippen LogP contribution in [0.3, 0.4) is 0 Å². The molecule has 0 aliphatic rings. The van der Waals surface area contributed by atoms with Gasteiger partial charge in [0, 0.05) is 17.1 Å². The molecule has 0 saturated carbocycles. The first kappa shape index (κ1) is 13.6. The van der Waals surface area contributed by atoms with Crippen LogP contribution in [0.1, 0.15) is 19.4 Å². The number of aliphatic hydroxyl groups excluding tert-OH is 1. The van der Waals surface area contributed by atoms with E-state index < -0.39 is 6.10 Å². The standard InChI is InChI=1S/C11H15Cl2NO2/c1-6(15)7(2)16-11-8(5-14)3-9(12)4-10(11)13/h3-4,6-7,15H,5,14H2,1-2H3. The molecular formula is C11H15Cl2NO2. The highest BCUT2D eigenvalue weighted by molar-refractivity contribution is 6.35. The van der Waals surface area contributed by atoms with E-state index in [9.17, 15) is 5.11 Å². The molecule has 0 aliphatic heterocycles. The Bertz CT molecular complexity index is 369. The molecule has 1 rings (SSSR count). The summed E-state index contributed by atoms with van der Waals surface area (Å²) in [5.74, 6) is 0.488. The van der Waals surface area contributed by atoms with E-state index in [2.05, 4.69) is 0 Å². The number of hydrogen-bond donors (Lipinski definition) is 2. The molecule has 0 radical (unpaired) electrons. The van der Waals surface area contributed by atoms with E-state index in [0.717, 1.165) is 5.56 Å². The van der Waals surface area contributed by atoms with Crippen molar-refractivity contribution in [2.75, 3.05) is 0 Å². The van der Waals surface area contributed by atoms with Crippen LogP contribution in [0.5, 0.6) is 5.75 Å². The van der Waals surface area contributed by atoms with Crippen molar-refractivity contribution in [2.24, 2.45) is 5.73 Å². The minimum absolute atomic E-state index is 0.280. The predicted octanol–water partition coefficient (Wildman–Crippen LogP) is 2.60. The van der Waals surface area contributed by atoms with Gasteiger partial charge in [0.2, 0.25) is 0 Å². The maximum atomic E-state index is 9.37. The molecule has 1 aromatic rings. The highest BCUT2D eigenvalue weighted by Gasteiger charge is 2.16. The second kappa shape index (κ2) is 5.73. The Morgan fingerprint density at radius 1 is 1.38 bits per heavy atom. The summed E-state index contributed by atoms with van der Waals surface area (Å²) < 4.78 is 5.56. The zero-order valence-electron chi connectivity index (χ0n) is 9.21. The Balaban J connectivity index is 3.02. The average molecular weight is 264 g/mol. The van der Waals surface area contributed by atoms with E-state index in [1.165, 1.54) is 0 Å². The van der Waals surface area contributed by atoms with Gasteiger partial charge in [-0.3, -0.25) is 0 Å². The fourth-order valence-corrected chi connectivity index (χ4v) is 1.76. The Hall–Kier alpha value is -0.480. The first-order valence-corrected chi connectivity index (χ1v) is 5.74. The van der Waals surface area contributed by atoms with Crippen LogP contribution in [0, 0.1) is 0 Å². The Morgan fingerprint density at radius 3 is 2.50 bits per heavy atom. The van der Waals surface area contributed by atoms with Crippen LogP contribution >= 0.6 is 23.2 Å². The van der Waals surface area contributed by atoms with Gasteiger partial charge in [-0.15, -0.1) is 0 Å². The van der Waals surface area contributed by atoms with Crippen LogP contribution in [0.4, 0.5) is 0 Å². The number of halogens is 2. The first-order chi connectivity index (χ1) is 7.45. The molecule has 0 aliphatic carbocycles. The molecule has 0 fully saturated rings. The average Bonchev–Trinajstić information content (AvgIpc) is 2.21. The van der Waals surface area contributed by atoms with Gasteiger partial charge in [0.1, 0.15) is 11.9 Å². The van der Waals surface area contributed by atoms with Gasteiger partial charge in [-0.1, -0.05) is 23.2 Å². The van der Waals surface area contributed by atoms with Gasteiger partial charge in [0.25, 0.3) is 0 Å². The minimum Gasteiger partial charge on any atom is -0.486 e. The molecule has 3 N–H and O–H groups in total. The second-order valence-electron chi connectivity index (χ2n) is 3.64. The summed E-state index contributed by atoms with van der Waals surface area (Å²) in [6.07, 6.45) is -0.943.